The molecule has 0 saturated heterocycles. The molecule has 0 amide bonds. The Kier molecular flexibility index (Phi) is 12.6. The zero-order valence-electron chi connectivity index (χ0n) is 33.2. The van der Waals surface area contributed by atoms with E-state index >= 15 is 0 Å². The van der Waals surface area contributed by atoms with E-state index in [9.17, 15) is 0 Å². The van der Waals surface area contributed by atoms with Crippen molar-refractivity contribution in [2.24, 2.45) is 11.8 Å². The summed E-state index contributed by atoms with van der Waals surface area (Å²) in [5, 5.41) is 4.82. The third kappa shape index (κ3) is 7.81. The van der Waals surface area contributed by atoms with Crippen molar-refractivity contribution in [3.8, 4) is 0 Å². The maximum absolute atomic E-state index is 8.13. The van der Waals surface area contributed by atoms with Gasteiger partial charge in [0.25, 0.3) is 0 Å². The Morgan fingerprint density at radius 2 is 0.828 bits per heavy atom. The van der Waals surface area contributed by atoms with Gasteiger partial charge in [-0.1, -0.05) is 164 Å². The summed E-state index contributed by atoms with van der Waals surface area (Å²) in [5.74, 6) is 0.256. The number of ether oxygens (including phenoxy) is 2. The fourth-order valence-electron chi connectivity index (χ4n) is 9.62. The molecule has 0 aromatic heterocycles. The van der Waals surface area contributed by atoms with Crippen molar-refractivity contribution < 1.29 is 9.47 Å². The van der Waals surface area contributed by atoms with Crippen molar-refractivity contribution in [3.63, 3.8) is 0 Å². The first-order valence-corrected chi connectivity index (χ1v) is 24.4. The van der Waals surface area contributed by atoms with Gasteiger partial charge in [0.2, 0.25) is 0 Å². The van der Waals surface area contributed by atoms with Gasteiger partial charge in [-0.3, -0.25) is 0 Å². The van der Waals surface area contributed by atoms with Crippen LogP contribution in [0.2, 0.25) is 0 Å². The highest BCUT2D eigenvalue weighted by atomic mass is 31.2. The van der Waals surface area contributed by atoms with Gasteiger partial charge >= 0.3 is 15.1 Å². The molecular weight excluding hydrogens is 740 g/mol. The van der Waals surface area contributed by atoms with E-state index in [1.54, 1.807) is 0 Å². The van der Waals surface area contributed by atoms with Crippen molar-refractivity contribution in [1.82, 2.24) is 0 Å². The second-order valence-electron chi connectivity index (χ2n) is 15.5. The SMILES string of the molecule is [B][P+](C[C@@H]1[C@@H](CCOC(c2ccccc2)(c2ccccc2)c2ccccc2)C(OC)C[C@@H]1[P+]([B])(c1ccccc1)c1ccccc1)(c1ccccc1)c1ccccc1. The molecule has 0 heterocycles. The van der Waals surface area contributed by atoms with Gasteiger partial charge in [-0.05, 0) is 77.6 Å². The molecule has 8 rings (SSSR count). The average Bonchev–Trinajstić information content (AvgIpc) is 3.66. The number of rotatable bonds is 15. The molecule has 1 unspecified atom stereocenters. The van der Waals surface area contributed by atoms with Crippen LogP contribution in [-0.2, 0) is 15.1 Å². The Labute approximate surface area is 349 Å². The van der Waals surface area contributed by atoms with Crippen LogP contribution in [0.3, 0.4) is 0 Å². The van der Waals surface area contributed by atoms with Crippen LogP contribution in [0, 0.1) is 11.8 Å². The van der Waals surface area contributed by atoms with Crippen LogP contribution in [0.1, 0.15) is 29.5 Å². The number of benzene rings is 7. The average molecular weight is 791 g/mol. The second kappa shape index (κ2) is 18.2. The van der Waals surface area contributed by atoms with E-state index in [0.717, 1.165) is 35.7 Å². The van der Waals surface area contributed by atoms with Crippen LogP contribution in [0.4, 0.5) is 0 Å². The Morgan fingerprint density at radius 3 is 1.19 bits per heavy atom. The highest BCUT2D eigenvalue weighted by Gasteiger charge is 2.60. The Bertz CT molecular complexity index is 2130. The van der Waals surface area contributed by atoms with Gasteiger partial charge in [0.1, 0.15) is 5.60 Å². The van der Waals surface area contributed by atoms with Gasteiger partial charge in [-0.25, -0.2) is 0 Å². The van der Waals surface area contributed by atoms with Gasteiger partial charge in [0.15, 0.2) is 0 Å². The van der Waals surface area contributed by atoms with Gasteiger partial charge < -0.3 is 9.47 Å². The van der Waals surface area contributed by atoms with Crippen molar-refractivity contribution in [3.05, 3.63) is 229 Å². The molecule has 1 saturated carbocycles. The molecule has 0 N–H and O–H groups in total. The van der Waals surface area contributed by atoms with Crippen LogP contribution >= 0.6 is 14.3 Å². The fourth-order valence-corrected chi connectivity index (χ4v) is 17.0. The topological polar surface area (TPSA) is 18.5 Å². The molecule has 7 aromatic carbocycles. The van der Waals surface area contributed by atoms with E-state index in [1.807, 2.05) is 7.11 Å². The third-order valence-corrected chi connectivity index (χ3v) is 19.8. The van der Waals surface area contributed by atoms with Crippen LogP contribution in [-0.4, -0.2) is 46.8 Å². The van der Waals surface area contributed by atoms with Crippen molar-refractivity contribution >= 4 is 50.6 Å². The molecule has 1 aliphatic rings. The Morgan fingerprint density at radius 1 is 0.483 bits per heavy atom. The predicted octanol–water partition coefficient (Wildman–Crippen LogP) is 9.91. The molecule has 0 spiro atoms. The lowest BCUT2D eigenvalue weighted by molar-refractivity contribution is -0.0120. The number of hydrogen-bond donors (Lipinski definition) is 0. The largest absolute Gasteiger partial charge is 0.381 e. The summed E-state index contributed by atoms with van der Waals surface area (Å²) in [4.78, 5) is 0. The molecule has 1 fully saturated rings. The van der Waals surface area contributed by atoms with Crippen molar-refractivity contribution in [2.75, 3.05) is 19.9 Å². The lowest BCUT2D eigenvalue weighted by atomic mass is 9.80. The fraction of sp³-hybridized carbons (Fsp3) is 0.192. The van der Waals surface area contributed by atoms with E-state index in [2.05, 4.69) is 212 Å². The highest BCUT2D eigenvalue weighted by molar-refractivity contribution is 8.09. The minimum Gasteiger partial charge on any atom is -0.381 e. The van der Waals surface area contributed by atoms with Crippen LogP contribution in [0.5, 0.6) is 0 Å². The minimum atomic E-state index is -2.50. The summed E-state index contributed by atoms with van der Waals surface area (Å²) in [7, 11) is 13.1. The summed E-state index contributed by atoms with van der Waals surface area (Å²) in [6, 6.07) is 75.2. The van der Waals surface area contributed by atoms with Gasteiger partial charge in [-0.2, -0.15) is 0 Å². The molecule has 6 heteroatoms. The van der Waals surface area contributed by atoms with E-state index in [-0.39, 0.29) is 23.6 Å². The molecule has 0 bridgehead atoms. The van der Waals surface area contributed by atoms with Gasteiger partial charge in [0.05, 0.1) is 39.1 Å². The summed E-state index contributed by atoms with van der Waals surface area (Å²) in [6.07, 6.45) is 2.38. The maximum atomic E-state index is 8.13. The lowest BCUT2D eigenvalue weighted by Crippen LogP contribution is -2.40. The summed E-state index contributed by atoms with van der Waals surface area (Å²) < 4.78 is 14.1. The molecule has 2 nitrogen and oxygen atoms in total. The van der Waals surface area contributed by atoms with Gasteiger partial charge in [-0.15, -0.1) is 0 Å². The summed E-state index contributed by atoms with van der Waals surface area (Å²) in [5.41, 5.74) is 2.58. The number of hydrogen-bond acceptors (Lipinski definition) is 2. The van der Waals surface area contributed by atoms with E-state index < -0.39 is 19.9 Å². The van der Waals surface area contributed by atoms with E-state index in [1.165, 1.54) is 21.2 Å². The van der Waals surface area contributed by atoms with E-state index in [4.69, 9.17) is 24.6 Å². The molecule has 1 aliphatic carbocycles. The molecule has 0 aliphatic heterocycles. The molecule has 7 aromatic rings. The third-order valence-electron chi connectivity index (χ3n) is 12.4. The monoisotopic (exact) mass is 790 g/mol. The zero-order chi connectivity index (χ0) is 39.8. The normalized spacial score (nSPS) is 18.5. The molecule has 58 heavy (non-hydrogen) atoms. The molecular formula is C52H50B2O2P2+2. The standard InChI is InChI=1S/C52H50B2O2P2/c1-55-50-39-51(58(54,46-33-19-7-20-34-46)47-35-21-8-22-36-47)49(40-57(53,44-29-15-5-16-30-44)45-31-17-6-18-32-45)48(50)37-38-56-52(41-23-9-2-10-24-41,42-25-11-3-12-26-42)43-27-13-4-14-28-43/h2-36,48-51H,37-40H2,1H3/q+2/t48-,49-,50?,51+/m1/s1. The minimum absolute atomic E-state index is 0.0338. The van der Waals surface area contributed by atoms with Crippen LogP contribution in [0.15, 0.2) is 212 Å². The second-order valence-corrected chi connectivity index (χ2v) is 21.9. The van der Waals surface area contributed by atoms with Crippen LogP contribution < -0.4 is 21.2 Å². The lowest BCUT2D eigenvalue weighted by Gasteiger charge is -2.38. The highest BCUT2D eigenvalue weighted by Crippen LogP contribution is 2.67. The first kappa shape index (κ1) is 40.2. The van der Waals surface area contributed by atoms with Crippen molar-refractivity contribution in [2.45, 2.75) is 30.2 Å². The number of methoxy groups -OCH3 is 1. The summed E-state index contributed by atoms with van der Waals surface area (Å²) >= 11 is 0. The molecule has 4 radical (unpaired) electrons. The first-order chi connectivity index (χ1) is 28.5. The summed E-state index contributed by atoms with van der Waals surface area (Å²) in [6.45, 7) is 0.506. The smallest absolute Gasteiger partial charge is 0.377 e. The predicted molar refractivity (Wildman–Crippen MR) is 250 cm³/mol. The van der Waals surface area contributed by atoms with Gasteiger partial charge in [0, 0.05) is 40.3 Å². The molecule has 284 valence electrons. The quantitative estimate of drug-likeness (QED) is 0.0585. The zero-order valence-corrected chi connectivity index (χ0v) is 35.0. The Hall–Kier alpha value is -4.55. The van der Waals surface area contributed by atoms with Crippen LogP contribution in [0.25, 0.3) is 0 Å². The van der Waals surface area contributed by atoms with Crippen molar-refractivity contribution in [1.29, 1.82) is 0 Å². The first-order valence-electron chi connectivity index (χ1n) is 20.4. The van der Waals surface area contributed by atoms with E-state index in [0.29, 0.717) is 6.61 Å². The Balaban J connectivity index is 1.25. The molecule has 4 atom stereocenters. The maximum Gasteiger partial charge on any atom is 0.377 e.